The fraction of sp³-hybridized carbons (Fsp3) is 0.630. The van der Waals surface area contributed by atoms with E-state index in [1.54, 1.807) is 0 Å². The van der Waals surface area contributed by atoms with Gasteiger partial charge in [-0.1, -0.05) is 82.2 Å². The van der Waals surface area contributed by atoms with E-state index in [1.165, 1.54) is 37.7 Å². The fourth-order valence-electron chi connectivity index (χ4n) is 4.09. The van der Waals surface area contributed by atoms with E-state index in [1.807, 2.05) is 6.08 Å². The molecule has 0 radical (unpaired) electrons. The van der Waals surface area contributed by atoms with E-state index in [4.69, 9.17) is 4.74 Å². The van der Waals surface area contributed by atoms with Crippen LogP contribution in [0.15, 0.2) is 36.4 Å². The first-order valence-electron chi connectivity index (χ1n) is 11.8. The van der Waals surface area contributed by atoms with E-state index < -0.39 is 8.07 Å². The van der Waals surface area contributed by atoms with Gasteiger partial charge >= 0.3 is 0 Å². The molecule has 0 amide bonds. The number of hydrogen-bond donors (Lipinski definition) is 0. The van der Waals surface area contributed by atoms with Gasteiger partial charge < -0.3 is 4.74 Å². The molecule has 0 N–H and O–H groups in total. The number of allylic oxidation sites excluding steroid dienone is 1. The van der Waals surface area contributed by atoms with Gasteiger partial charge in [-0.25, -0.2) is 0 Å². The molecule has 0 spiro atoms. The summed E-state index contributed by atoms with van der Waals surface area (Å²) in [5, 5.41) is 0. The van der Waals surface area contributed by atoms with Crippen molar-refractivity contribution in [1.29, 1.82) is 0 Å². The summed E-state index contributed by atoms with van der Waals surface area (Å²) in [7, 11) is -1.34. The Hall–Kier alpha value is -1.50. The lowest BCUT2D eigenvalue weighted by Crippen LogP contribution is -2.40. The molecule has 2 rings (SSSR count). The van der Waals surface area contributed by atoms with Gasteiger partial charge in [-0.05, 0) is 56.6 Å². The molecule has 0 heterocycles. The van der Waals surface area contributed by atoms with Crippen LogP contribution in [0.5, 0.6) is 5.75 Å². The van der Waals surface area contributed by atoms with Crippen molar-refractivity contribution in [2.75, 3.05) is 19.3 Å². The minimum atomic E-state index is -1.34. The van der Waals surface area contributed by atoms with Gasteiger partial charge in [0.25, 0.3) is 0 Å². The molecule has 0 saturated heterocycles. The number of nitrogens with zero attached hydrogens (tertiary/aromatic N) is 1. The zero-order valence-electron chi connectivity index (χ0n) is 20.3. The molecule has 0 aliphatic heterocycles. The molecule has 0 bridgehead atoms. The number of likely N-dealkylation sites (N-methyl/N-ethyl adjacent to an activating group) is 1. The molecule has 1 aromatic rings. The van der Waals surface area contributed by atoms with Crippen molar-refractivity contribution in [3.63, 3.8) is 0 Å². The molecular weight excluding hydrogens is 382 g/mol. The van der Waals surface area contributed by atoms with Crippen LogP contribution in [0.25, 0.3) is 0 Å². The molecular formula is C27H43NOSi. The first-order chi connectivity index (χ1) is 14.2. The highest BCUT2D eigenvalue weighted by atomic mass is 28.3. The van der Waals surface area contributed by atoms with E-state index in [2.05, 4.69) is 87.9 Å². The van der Waals surface area contributed by atoms with Crippen molar-refractivity contribution in [3.8, 4) is 17.6 Å². The van der Waals surface area contributed by atoms with Crippen molar-refractivity contribution in [2.24, 2.45) is 5.41 Å². The standard InChI is InChI=1S/C27H43NOSi/c1-7-28(20-13-9-12-19-27(2,3)4)22-24-15-14-16-25(21-24)29-23-30(5,6)26-17-10-8-11-18-26/h9,13-16,21,26H,7-8,10-11,17-18,20,22-23H2,1-6H3/b13-9+. The average molecular weight is 426 g/mol. The molecule has 1 aliphatic carbocycles. The summed E-state index contributed by atoms with van der Waals surface area (Å²) in [4.78, 5) is 2.43. The Morgan fingerprint density at radius 3 is 2.57 bits per heavy atom. The van der Waals surface area contributed by atoms with Crippen molar-refractivity contribution < 1.29 is 4.74 Å². The van der Waals surface area contributed by atoms with Gasteiger partial charge in [-0.15, -0.1) is 0 Å². The minimum Gasteiger partial charge on any atom is -0.497 e. The predicted molar refractivity (Wildman–Crippen MR) is 134 cm³/mol. The topological polar surface area (TPSA) is 12.5 Å². The number of rotatable bonds is 9. The van der Waals surface area contributed by atoms with Crippen LogP contribution in [-0.4, -0.2) is 32.3 Å². The van der Waals surface area contributed by atoms with Crippen molar-refractivity contribution in [3.05, 3.63) is 42.0 Å². The zero-order chi connectivity index (χ0) is 22.0. The van der Waals surface area contributed by atoms with Crippen LogP contribution < -0.4 is 4.74 Å². The summed E-state index contributed by atoms with van der Waals surface area (Å²) >= 11 is 0. The SMILES string of the molecule is CCN(C/C=C/C#CC(C)(C)C)Cc1cccc(OC[Si](C)(C)C2CCCCC2)c1. The smallest absolute Gasteiger partial charge is 0.119 e. The van der Waals surface area contributed by atoms with Crippen LogP contribution >= 0.6 is 0 Å². The molecule has 1 aliphatic rings. The van der Waals surface area contributed by atoms with Crippen molar-refractivity contribution >= 4 is 8.07 Å². The first-order valence-corrected chi connectivity index (χ1v) is 15.1. The third-order valence-corrected chi connectivity index (χ3v) is 9.76. The normalized spacial score (nSPS) is 16.0. The monoisotopic (exact) mass is 425 g/mol. The van der Waals surface area contributed by atoms with E-state index in [0.29, 0.717) is 0 Å². The third-order valence-electron chi connectivity index (χ3n) is 6.08. The second-order valence-electron chi connectivity index (χ2n) is 10.5. The van der Waals surface area contributed by atoms with Gasteiger partial charge in [0.05, 0.1) is 14.3 Å². The molecule has 2 nitrogen and oxygen atoms in total. The van der Waals surface area contributed by atoms with Gasteiger partial charge in [-0.2, -0.15) is 0 Å². The average Bonchev–Trinajstić information content (AvgIpc) is 2.71. The summed E-state index contributed by atoms with van der Waals surface area (Å²) in [5.41, 5.74) is 2.31. The van der Waals surface area contributed by atoms with Crippen LogP contribution in [0.3, 0.4) is 0 Å². The summed E-state index contributed by atoms with van der Waals surface area (Å²) < 4.78 is 6.34. The lowest BCUT2D eigenvalue weighted by atomic mass is 9.98. The van der Waals surface area contributed by atoms with Crippen LogP contribution in [0.2, 0.25) is 18.6 Å². The van der Waals surface area contributed by atoms with Gasteiger partial charge in [0.2, 0.25) is 0 Å². The molecule has 166 valence electrons. The van der Waals surface area contributed by atoms with Crippen molar-refractivity contribution in [2.45, 2.75) is 85.0 Å². The Bertz CT molecular complexity index is 729. The van der Waals surface area contributed by atoms with E-state index >= 15 is 0 Å². The molecule has 0 atom stereocenters. The number of benzene rings is 1. The Balaban J connectivity index is 1.88. The highest BCUT2D eigenvalue weighted by molar-refractivity contribution is 6.78. The second-order valence-corrected chi connectivity index (χ2v) is 15.6. The Labute approximate surface area is 187 Å². The van der Waals surface area contributed by atoms with Gasteiger partial charge in [0, 0.05) is 18.5 Å². The maximum absolute atomic E-state index is 6.34. The quantitative estimate of drug-likeness (QED) is 0.310. The van der Waals surface area contributed by atoms with Crippen molar-refractivity contribution in [1.82, 2.24) is 4.90 Å². The molecule has 3 heteroatoms. The maximum atomic E-state index is 6.34. The lowest BCUT2D eigenvalue weighted by molar-refractivity contribution is 0.310. The summed E-state index contributed by atoms with van der Waals surface area (Å²) in [5.74, 6) is 7.45. The molecule has 1 fully saturated rings. The zero-order valence-corrected chi connectivity index (χ0v) is 21.3. The number of hydrogen-bond acceptors (Lipinski definition) is 2. The first kappa shape index (κ1) is 24.8. The van der Waals surface area contributed by atoms with Gasteiger partial charge in [0.15, 0.2) is 0 Å². The second kappa shape index (κ2) is 11.8. The highest BCUT2D eigenvalue weighted by Gasteiger charge is 2.33. The van der Waals surface area contributed by atoms with Gasteiger partial charge in [-0.3, -0.25) is 4.90 Å². The molecule has 0 unspecified atom stereocenters. The maximum Gasteiger partial charge on any atom is 0.119 e. The summed E-state index contributed by atoms with van der Waals surface area (Å²) in [6.45, 7) is 16.5. The lowest BCUT2D eigenvalue weighted by Gasteiger charge is -2.35. The molecule has 30 heavy (non-hydrogen) atoms. The predicted octanol–water partition coefficient (Wildman–Crippen LogP) is 7.07. The minimum absolute atomic E-state index is 0.0592. The highest BCUT2D eigenvalue weighted by Crippen LogP contribution is 2.37. The fourth-order valence-corrected chi connectivity index (χ4v) is 6.83. The van der Waals surface area contributed by atoms with Crippen LogP contribution in [-0.2, 0) is 6.54 Å². The largest absolute Gasteiger partial charge is 0.497 e. The van der Waals surface area contributed by atoms with Crippen LogP contribution in [0, 0.1) is 17.3 Å². The summed E-state index contributed by atoms with van der Waals surface area (Å²) in [6.07, 6.45) is 12.2. The Morgan fingerprint density at radius 2 is 1.90 bits per heavy atom. The van der Waals surface area contributed by atoms with Gasteiger partial charge in [0.1, 0.15) is 5.75 Å². The molecule has 0 aromatic heterocycles. The van der Waals surface area contributed by atoms with Crippen LogP contribution in [0.4, 0.5) is 0 Å². The van der Waals surface area contributed by atoms with E-state index in [0.717, 1.165) is 37.2 Å². The van der Waals surface area contributed by atoms with E-state index in [-0.39, 0.29) is 5.41 Å². The molecule has 1 saturated carbocycles. The van der Waals surface area contributed by atoms with E-state index in [9.17, 15) is 0 Å². The Kier molecular flexibility index (Phi) is 9.72. The summed E-state index contributed by atoms with van der Waals surface area (Å²) in [6, 6.07) is 8.70. The molecule has 1 aromatic carbocycles. The van der Waals surface area contributed by atoms with Crippen LogP contribution in [0.1, 0.15) is 65.4 Å². The third kappa shape index (κ3) is 9.10. The number of ether oxygens (including phenoxy) is 1. The Morgan fingerprint density at radius 1 is 1.17 bits per heavy atom.